The minimum atomic E-state index is -0.311. The van der Waals surface area contributed by atoms with Crippen molar-refractivity contribution in [2.75, 3.05) is 5.32 Å². The molecule has 1 aliphatic rings. The first kappa shape index (κ1) is 15.2. The highest BCUT2D eigenvalue weighted by Crippen LogP contribution is 2.29. The van der Waals surface area contributed by atoms with Gasteiger partial charge in [0.2, 0.25) is 0 Å². The molecular weight excluding hydrogens is 320 g/mol. The minimum Gasteiger partial charge on any atom is -0.338 e. The molecule has 5 heteroatoms. The number of hydrogen-bond donors (Lipinski definition) is 1. The number of rotatable bonds is 2. The van der Waals surface area contributed by atoms with Gasteiger partial charge in [0.05, 0.1) is 11.4 Å². The molecule has 0 saturated heterocycles. The molecule has 1 N–H and O–H groups in total. The van der Waals surface area contributed by atoms with E-state index in [0.717, 1.165) is 11.3 Å². The van der Waals surface area contributed by atoms with Gasteiger partial charge in [0.25, 0.3) is 0 Å². The lowest BCUT2D eigenvalue weighted by molar-refractivity contribution is 0.627. The molecule has 3 nitrogen and oxygen atoms in total. The van der Waals surface area contributed by atoms with Gasteiger partial charge in [-0.1, -0.05) is 18.2 Å². The summed E-state index contributed by atoms with van der Waals surface area (Å²) in [5, 5.41) is 3.18. The minimum absolute atomic E-state index is 0.303. The Morgan fingerprint density at radius 3 is 2.12 bits per heavy atom. The third-order valence-electron chi connectivity index (χ3n) is 3.79. The number of hydrogen-bond acceptors (Lipinski definition) is 3. The van der Waals surface area contributed by atoms with Crippen LogP contribution in [0.4, 0.5) is 25.8 Å². The summed E-state index contributed by atoms with van der Waals surface area (Å²) < 4.78 is 26.2. The van der Waals surface area contributed by atoms with Gasteiger partial charge in [0.15, 0.2) is 5.84 Å². The summed E-state index contributed by atoms with van der Waals surface area (Å²) >= 11 is 0. The third-order valence-corrected chi connectivity index (χ3v) is 3.79. The van der Waals surface area contributed by atoms with Crippen molar-refractivity contribution in [2.24, 2.45) is 9.98 Å². The number of nitrogens with one attached hydrogen (secondary N) is 1. The van der Waals surface area contributed by atoms with Crippen molar-refractivity contribution < 1.29 is 8.78 Å². The summed E-state index contributed by atoms with van der Waals surface area (Å²) in [6, 6.07) is 19.6. The number of aliphatic imine (C=N–C) groups is 2. The van der Waals surface area contributed by atoms with Gasteiger partial charge >= 0.3 is 0 Å². The van der Waals surface area contributed by atoms with Gasteiger partial charge in [-0.2, -0.15) is 0 Å². The van der Waals surface area contributed by atoms with E-state index in [9.17, 15) is 8.78 Å². The standard InChI is InChI=1S/C20H13F2N3/c21-13-5-9-15(10-6-13)23-19-17-3-1-2-4-18(17)25-20(19)24-16-11-7-14(22)8-12-16/h1-12H,(H,23,24,25). The van der Waals surface area contributed by atoms with Gasteiger partial charge in [-0.25, -0.2) is 18.8 Å². The maximum Gasteiger partial charge on any atom is 0.157 e. The molecule has 0 saturated carbocycles. The number of nitrogens with zero attached hydrogens (tertiary/aromatic N) is 2. The van der Waals surface area contributed by atoms with Crippen LogP contribution >= 0.6 is 0 Å². The van der Waals surface area contributed by atoms with Crippen molar-refractivity contribution in [3.05, 3.63) is 90.0 Å². The fraction of sp³-hybridized carbons (Fsp3) is 0. The van der Waals surface area contributed by atoms with Crippen LogP contribution in [0.25, 0.3) is 0 Å². The van der Waals surface area contributed by atoms with Crippen LogP contribution in [0.2, 0.25) is 0 Å². The molecule has 0 unspecified atom stereocenters. The summed E-state index contributed by atoms with van der Waals surface area (Å²) in [5.74, 6) is -0.0476. The first-order valence-corrected chi connectivity index (χ1v) is 7.74. The number of fused-ring (bicyclic) bond motifs is 1. The quantitative estimate of drug-likeness (QED) is 0.684. The normalized spacial score (nSPS) is 14.3. The maximum absolute atomic E-state index is 13.1. The molecule has 0 bridgehead atoms. The second-order valence-electron chi connectivity index (χ2n) is 5.55. The average Bonchev–Trinajstić information content (AvgIpc) is 2.96. The van der Waals surface area contributed by atoms with E-state index in [1.54, 1.807) is 24.3 Å². The Bertz CT molecular complexity index is 975. The Morgan fingerprint density at radius 1 is 0.760 bits per heavy atom. The zero-order valence-electron chi connectivity index (χ0n) is 13.1. The molecule has 3 aromatic rings. The van der Waals surface area contributed by atoms with Crippen LogP contribution in [0.3, 0.4) is 0 Å². The topological polar surface area (TPSA) is 36.8 Å². The molecule has 1 aliphatic heterocycles. The fourth-order valence-corrected chi connectivity index (χ4v) is 2.59. The Balaban J connectivity index is 1.74. The molecule has 0 aliphatic carbocycles. The molecule has 0 aromatic heterocycles. The fourth-order valence-electron chi connectivity index (χ4n) is 2.59. The summed E-state index contributed by atoms with van der Waals surface area (Å²) in [7, 11) is 0. The number of amidine groups is 1. The van der Waals surface area contributed by atoms with Crippen molar-refractivity contribution in [2.45, 2.75) is 0 Å². The third kappa shape index (κ3) is 3.17. The predicted octanol–water partition coefficient (Wildman–Crippen LogP) is 5.24. The van der Waals surface area contributed by atoms with Crippen LogP contribution in [-0.2, 0) is 0 Å². The van der Waals surface area contributed by atoms with Crippen LogP contribution in [0.15, 0.2) is 82.8 Å². The highest BCUT2D eigenvalue weighted by Gasteiger charge is 2.22. The van der Waals surface area contributed by atoms with E-state index < -0.39 is 0 Å². The zero-order chi connectivity index (χ0) is 17.2. The van der Waals surface area contributed by atoms with Crippen LogP contribution in [0, 0.1) is 11.6 Å². The number of para-hydroxylation sites is 1. The average molecular weight is 333 g/mol. The predicted molar refractivity (Wildman–Crippen MR) is 96.2 cm³/mol. The van der Waals surface area contributed by atoms with Gasteiger partial charge in [0.1, 0.15) is 17.3 Å². The van der Waals surface area contributed by atoms with E-state index >= 15 is 0 Å². The summed E-state index contributed by atoms with van der Waals surface area (Å²) in [6.45, 7) is 0. The lowest BCUT2D eigenvalue weighted by Gasteiger charge is -2.08. The largest absolute Gasteiger partial charge is 0.338 e. The van der Waals surface area contributed by atoms with Crippen molar-refractivity contribution in [3.8, 4) is 0 Å². The van der Waals surface area contributed by atoms with E-state index in [0.29, 0.717) is 22.9 Å². The highest BCUT2D eigenvalue weighted by atomic mass is 19.1. The summed E-state index contributed by atoms with van der Waals surface area (Å²) in [6.07, 6.45) is 0. The van der Waals surface area contributed by atoms with Gasteiger partial charge in [0, 0.05) is 11.3 Å². The van der Waals surface area contributed by atoms with Gasteiger partial charge < -0.3 is 5.32 Å². The number of halogens is 2. The van der Waals surface area contributed by atoms with Crippen molar-refractivity contribution in [1.82, 2.24) is 0 Å². The monoisotopic (exact) mass is 333 g/mol. The number of anilines is 1. The van der Waals surface area contributed by atoms with Gasteiger partial charge in [-0.3, -0.25) is 0 Å². The van der Waals surface area contributed by atoms with Crippen molar-refractivity contribution in [3.63, 3.8) is 0 Å². The van der Waals surface area contributed by atoms with E-state index in [1.807, 2.05) is 24.3 Å². The van der Waals surface area contributed by atoms with E-state index in [-0.39, 0.29) is 11.6 Å². The highest BCUT2D eigenvalue weighted by molar-refractivity contribution is 6.54. The molecule has 3 aromatic carbocycles. The first-order valence-electron chi connectivity index (χ1n) is 7.74. The molecule has 0 fully saturated rings. The second-order valence-corrected chi connectivity index (χ2v) is 5.55. The summed E-state index contributed by atoms with van der Waals surface area (Å²) in [4.78, 5) is 9.19. The Hall–Kier alpha value is -3.34. The molecule has 4 rings (SSSR count). The van der Waals surface area contributed by atoms with Crippen LogP contribution in [0.1, 0.15) is 5.56 Å². The van der Waals surface area contributed by atoms with E-state index in [4.69, 9.17) is 0 Å². The van der Waals surface area contributed by atoms with Crippen molar-refractivity contribution in [1.29, 1.82) is 0 Å². The van der Waals surface area contributed by atoms with Crippen LogP contribution in [-0.4, -0.2) is 11.5 Å². The molecule has 0 amide bonds. The molecule has 1 heterocycles. The van der Waals surface area contributed by atoms with E-state index in [2.05, 4.69) is 15.3 Å². The molecular formula is C20H13F2N3. The Morgan fingerprint density at radius 2 is 1.40 bits per heavy atom. The smallest absolute Gasteiger partial charge is 0.157 e. The van der Waals surface area contributed by atoms with Gasteiger partial charge in [-0.05, 0) is 54.6 Å². The second kappa shape index (κ2) is 6.28. The van der Waals surface area contributed by atoms with Crippen LogP contribution < -0.4 is 5.32 Å². The molecule has 0 radical (unpaired) electrons. The van der Waals surface area contributed by atoms with Crippen LogP contribution in [0.5, 0.6) is 0 Å². The number of benzene rings is 3. The maximum atomic E-state index is 13.1. The lowest BCUT2D eigenvalue weighted by Crippen LogP contribution is -2.20. The SMILES string of the molecule is Fc1ccc(N=C2C(Nc3ccc(F)cc3)=Nc3ccccc32)cc1. The molecule has 122 valence electrons. The molecule has 25 heavy (non-hydrogen) atoms. The summed E-state index contributed by atoms with van der Waals surface area (Å²) in [5.41, 5.74) is 3.68. The Kier molecular flexibility index (Phi) is 3.82. The molecule has 0 spiro atoms. The molecule has 0 atom stereocenters. The Labute approximate surface area is 143 Å². The zero-order valence-corrected chi connectivity index (χ0v) is 13.1. The first-order chi connectivity index (χ1) is 12.2. The van der Waals surface area contributed by atoms with E-state index in [1.165, 1.54) is 24.3 Å². The van der Waals surface area contributed by atoms with Crippen molar-refractivity contribution >= 4 is 28.6 Å². The van der Waals surface area contributed by atoms with Gasteiger partial charge in [-0.15, -0.1) is 0 Å². The lowest BCUT2D eigenvalue weighted by atomic mass is 10.1.